The van der Waals surface area contributed by atoms with Crippen LogP contribution in [-0.4, -0.2) is 25.5 Å². The van der Waals surface area contributed by atoms with Gasteiger partial charge in [0.2, 0.25) is 5.91 Å². The molecule has 0 bridgehead atoms. The Morgan fingerprint density at radius 1 is 1.19 bits per heavy atom. The smallest absolute Gasteiger partial charge is 0.255 e. The Hall–Kier alpha value is -3.02. The highest BCUT2D eigenvalue weighted by Gasteiger charge is 2.10. The summed E-state index contributed by atoms with van der Waals surface area (Å²) in [5.74, 6) is 1.53. The molecule has 0 aliphatic rings. The van der Waals surface area contributed by atoms with Crippen LogP contribution in [0.4, 0.5) is 0 Å². The Labute approximate surface area is 153 Å². The maximum Gasteiger partial charge on any atom is 0.255 e. The number of nitrogens with zero attached hydrogens (tertiary/aromatic N) is 4. The maximum atomic E-state index is 12.1. The molecule has 1 amide bonds. The summed E-state index contributed by atoms with van der Waals surface area (Å²) in [5, 5.41) is 11.0. The van der Waals surface area contributed by atoms with Gasteiger partial charge in [0.15, 0.2) is 5.82 Å². The van der Waals surface area contributed by atoms with Gasteiger partial charge in [0.1, 0.15) is 0 Å². The van der Waals surface area contributed by atoms with Crippen molar-refractivity contribution in [1.29, 1.82) is 0 Å². The van der Waals surface area contributed by atoms with Gasteiger partial charge in [0.05, 0.1) is 6.54 Å². The summed E-state index contributed by atoms with van der Waals surface area (Å²) in [6.45, 7) is 8.50. The first-order chi connectivity index (χ1) is 12.4. The van der Waals surface area contributed by atoms with Crippen LogP contribution in [0.3, 0.4) is 0 Å². The fourth-order valence-corrected chi connectivity index (χ4v) is 2.80. The predicted molar refractivity (Wildman–Crippen MR) is 102 cm³/mol. The number of hydrogen-bond donors (Lipinski definition) is 1. The number of nitrogens with one attached hydrogen (secondary N) is 1. The van der Waals surface area contributed by atoms with E-state index in [1.165, 1.54) is 11.6 Å². The van der Waals surface area contributed by atoms with Gasteiger partial charge in [-0.15, -0.1) is 10.2 Å². The Bertz CT molecular complexity index is 954. The number of aromatic nitrogens is 4. The van der Waals surface area contributed by atoms with Gasteiger partial charge in [-0.05, 0) is 43.0 Å². The first-order valence-electron chi connectivity index (χ1n) is 8.68. The predicted octanol–water partition coefficient (Wildman–Crippen LogP) is 3.19. The normalized spacial score (nSPS) is 11.6. The van der Waals surface area contributed by atoms with E-state index in [0.29, 0.717) is 24.1 Å². The lowest BCUT2D eigenvalue weighted by molar-refractivity contribution is -0.116. The number of benzene rings is 1. The van der Waals surface area contributed by atoms with E-state index in [1.807, 2.05) is 36.4 Å². The molecular weight excluding hydrogens is 326 g/mol. The van der Waals surface area contributed by atoms with Gasteiger partial charge in [-0.1, -0.05) is 38.1 Å². The van der Waals surface area contributed by atoms with Crippen LogP contribution in [-0.2, 0) is 11.3 Å². The van der Waals surface area contributed by atoms with Crippen LogP contribution < -0.4 is 5.32 Å². The van der Waals surface area contributed by atoms with Gasteiger partial charge in [-0.2, -0.15) is 0 Å². The van der Waals surface area contributed by atoms with Crippen LogP contribution >= 0.6 is 0 Å². The third-order valence-electron chi connectivity index (χ3n) is 4.21. The largest absolute Gasteiger partial charge is 0.345 e. The minimum absolute atomic E-state index is 0.174. The van der Waals surface area contributed by atoms with Gasteiger partial charge < -0.3 is 5.32 Å². The molecule has 0 spiro atoms. The number of carbonyl (C=O) groups excluding carboxylic acids is 1. The van der Waals surface area contributed by atoms with Crippen molar-refractivity contribution < 1.29 is 4.79 Å². The number of aryl methyl sites for hydroxylation is 2. The van der Waals surface area contributed by atoms with E-state index in [4.69, 9.17) is 0 Å². The molecule has 0 aliphatic carbocycles. The number of amides is 1. The van der Waals surface area contributed by atoms with Crippen molar-refractivity contribution in [2.75, 3.05) is 0 Å². The van der Waals surface area contributed by atoms with E-state index in [2.05, 4.69) is 46.5 Å². The molecule has 0 saturated heterocycles. The third kappa shape index (κ3) is 3.96. The fraction of sp³-hybridized carbons (Fsp3) is 0.300. The molecule has 1 aromatic carbocycles. The lowest BCUT2D eigenvalue weighted by atomic mass is 10.0. The zero-order chi connectivity index (χ0) is 18.7. The highest BCUT2D eigenvalue weighted by atomic mass is 16.1. The van der Waals surface area contributed by atoms with Crippen LogP contribution in [0.5, 0.6) is 0 Å². The van der Waals surface area contributed by atoms with Crippen molar-refractivity contribution in [3.63, 3.8) is 0 Å². The molecule has 134 valence electrons. The molecule has 2 heterocycles. The summed E-state index contributed by atoms with van der Waals surface area (Å²) >= 11 is 0. The molecule has 1 N–H and O–H groups in total. The summed E-state index contributed by atoms with van der Waals surface area (Å²) in [6, 6.07) is 10.2. The lowest BCUT2D eigenvalue weighted by Crippen LogP contribution is -2.22. The zero-order valence-corrected chi connectivity index (χ0v) is 15.5. The molecule has 3 rings (SSSR count). The number of rotatable bonds is 5. The Morgan fingerprint density at radius 2 is 1.92 bits per heavy atom. The van der Waals surface area contributed by atoms with Crippen molar-refractivity contribution in [2.24, 2.45) is 0 Å². The van der Waals surface area contributed by atoms with E-state index in [1.54, 1.807) is 6.08 Å². The quantitative estimate of drug-likeness (QED) is 0.718. The number of fused-ring (bicyclic) bond motifs is 1. The molecule has 0 saturated carbocycles. The van der Waals surface area contributed by atoms with Gasteiger partial charge in [0, 0.05) is 17.5 Å². The molecular formula is C20H23N5O. The monoisotopic (exact) mass is 349 g/mol. The number of hydrogen-bond acceptors (Lipinski definition) is 4. The molecule has 0 unspecified atom stereocenters. The van der Waals surface area contributed by atoms with E-state index in [-0.39, 0.29) is 5.91 Å². The Kier molecular flexibility index (Phi) is 5.11. The molecule has 26 heavy (non-hydrogen) atoms. The van der Waals surface area contributed by atoms with Crippen LogP contribution in [0.2, 0.25) is 0 Å². The summed E-state index contributed by atoms with van der Waals surface area (Å²) in [7, 11) is 0. The minimum Gasteiger partial charge on any atom is -0.345 e. The summed E-state index contributed by atoms with van der Waals surface area (Å²) in [4.78, 5) is 16.4. The van der Waals surface area contributed by atoms with Crippen molar-refractivity contribution >= 4 is 17.8 Å². The van der Waals surface area contributed by atoms with Crippen molar-refractivity contribution in [2.45, 2.75) is 40.2 Å². The topological polar surface area (TPSA) is 72.2 Å². The van der Waals surface area contributed by atoms with Crippen molar-refractivity contribution in [3.05, 3.63) is 64.7 Å². The Morgan fingerprint density at radius 3 is 2.62 bits per heavy atom. The molecule has 0 fully saturated rings. The van der Waals surface area contributed by atoms with Crippen molar-refractivity contribution in [1.82, 2.24) is 24.9 Å². The lowest BCUT2D eigenvalue weighted by Gasteiger charge is -2.05. The molecule has 6 heteroatoms. The van der Waals surface area contributed by atoms with Crippen LogP contribution in [0.1, 0.15) is 48.1 Å². The first-order valence-corrected chi connectivity index (χ1v) is 8.68. The average Bonchev–Trinajstić information content (AvgIpc) is 3.01. The highest BCUT2D eigenvalue weighted by Crippen LogP contribution is 2.15. The van der Waals surface area contributed by atoms with Gasteiger partial charge in [-0.3, -0.25) is 9.20 Å². The molecule has 0 aliphatic heterocycles. The molecule has 0 radical (unpaired) electrons. The number of carbonyl (C=O) groups is 1. The summed E-state index contributed by atoms with van der Waals surface area (Å²) in [5.41, 5.74) is 4.16. The molecule has 6 nitrogen and oxygen atoms in total. The standard InChI is InChI=1S/C20H23N5O/c1-13(2)17-8-5-16(6-9-17)7-10-19(26)21-12-18-23-24-20-22-14(3)11-15(4)25(18)20/h5-11,13H,12H2,1-4H3,(H,21,26)/b10-7+. The van der Waals surface area contributed by atoms with Crippen LogP contribution in [0, 0.1) is 13.8 Å². The van der Waals surface area contributed by atoms with Gasteiger partial charge >= 0.3 is 0 Å². The van der Waals surface area contributed by atoms with E-state index in [9.17, 15) is 4.79 Å². The Balaban J connectivity index is 1.64. The zero-order valence-electron chi connectivity index (χ0n) is 15.5. The van der Waals surface area contributed by atoms with Crippen molar-refractivity contribution in [3.8, 4) is 0 Å². The second-order valence-electron chi connectivity index (χ2n) is 6.66. The maximum absolute atomic E-state index is 12.1. The molecule has 3 aromatic rings. The second-order valence-corrected chi connectivity index (χ2v) is 6.66. The third-order valence-corrected chi connectivity index (χ3v) is 4.21. The van der Waals surface area contributed by atoms with Gasteiger partial charge in [-0.25, -0.2) is 4.98 Å². The average molecular weight is 349 g/mol. The fourth-order valence-electron chi connectivity index (χ4n) is 2.80. The van der Waals surface area contributed by atoms with Crippen LogP contribution in [0.25, 0.3) is 11.9 Å². The van der Waals surface area contributed by atoms with E-state index in [0.717, 1.165) is 17.0 Å². The first kappa shape index (κ1) is 17.8. The van der Waals surface area contributed by atoms with E-state index < -0.39 is 0 Å². The molecule has 0 atom stereocenters. The summed E-state index contributed by atoms with van der Waals surface area (Å²) in [6.07, 6.45) is 3.33. The minimum atomic E-state index is -0.174. The SMILES string of the molecule is Cc1cc(C)n2c(CNC(=O)/C=C/c3ccc(C(C)C)cc3)nnc2n1. The van der Waals surface area contributed by atoms with Gasteiger partial charge in [0.25, 0.3) is 5.78 Å². The summed E-state index contributed by atoms with van der Waals surface area (Å²) < 4.78 is 1.85. The highest BCUT2D eigenvalue weighted by molar-refractivity contribution is 5.91. The second kappa shape index (κ2) is 7.47. The van der Waals surface area contributed by atoms with Crippen LogP contribution in [0.15, 0.2) is 36.4 Å². The van der Waals surface area contributed by atoms with E-state index >= 15 is 0 Å². The molecule has 2 aromatic heterocycles.